The molecule has 2 fully saturated rings. The summed E-state index contributed by atoms with van der Waals surface area (Å²) in [6, 6.07) is 10.5. The third kappa shape index (κ3) is 10.9. The van der Waals surface area contributed by atoms with Crippen LogP contribution in [0.1, 0.15) is 84.0 Å². The zero-order valence-electron chi connectivity index (χ0n) is 39.5. The van der Waals surface area contributed by atoms with Gasteiger partial charge in [-0.15, -0.1) is 0 Å². The summed E-state index contributed by atoms with van der Waals surface area (Å²) in [4.78, 5) is 40.0. The lowest BCUT2D eigenvalue weighted by atomic mass is 10.1. The molecule has 13 nitrogen and oxygen atoms in total. The van der Waals surface area contributed by atoms with E-state index in [1.165, 1.54) is 12.1 Å². The molecule has 2 aliphatic rings. The molecule has 17 heteroatoms. The molecule has 0 bridgehead atoms. The van der Waals surface area contributed by atoms with E-state index in [4.69, 9.17) is 33.3 Å². The molecule has 0 spiro atoms. The molecule has 2 aliphatic heterocycles. The van der Waals surface area contributed by atoms with Gasteiger partial charge in [0.15, 0.2) is 0 Å². The van der Waals surface area contributed by atoms with Crippen molar-refractivity contribution in [2.24, 2.45) is 0 Å². The fourth-order valence-electron chi connectivity index (χ4n) is 8.28. The molecule has 0 saturated carbocycles. The van der Waals surface area contributed by atoms with Crippen molar-refractivity contribution in [2.75, 3.05) is 26.3 Å². The first-order chi connectivity index (χ1) is 30.1. The molecule has 64 heavy (non-hydrogen) atoms. The molecular formula is C47H66F2N6O7Si2. The number of aromatic nitrogens is 4. The third-order valence-corrected chi connectivity index (χ3v) is 15.0. The monoisotopic (exact) mass is 920 g/mol. The summed E-state index contributed by atoms with van der Waals surface area (Å²) in [5.41, 5.74) is 1.70. The van der Waals surface area contributed by atoms with E-state index in [2.05, 4.69) is 39.3 Å². The lowest BCUT2D eigenvalue weighted by Crippen LogP contribution is -2.37. The second-order valence-corrected chi connectivity index (χ2v) is 32.2. The molecule has 2 aromatic carbocycles. The molecule has 2 atom stereocenters. The van der Waals surface area contributed by atoms with E-state index >= 15 is 8.78 Å². The first kappa shape index (κ1) is 47.4. The maximum atomic E-state index is 16.4. The predicted octanol–water partition coefficient (Wildman–Crippen LogP) is 12.0. The quantitative estimate of drug-likeness (QED) is 0.0745. The van der Waals surface area contributed by atoms with Crippen LogP contribution in [-0.2, 0) is 32.4 Å². The van der Waals surface area contributed by atoms with E-state index in [-0.39, 0.29) is 48.3 Å². The van der Waals surface area contributed by atoms with Crippen molar-refractivity contribution < 1.29 is 41.7 Å². The highest BCUT2D eigenvalue weighted by molar-refractivity contribution is 6.76. The Kier molecular flexibility index (Phi) is 13.9. The van der Waals surface area contributed by atoms with Gasteiger partial charge in [0, 0.05) is 54.6 Å². The van der Waals surface area contributed by atoms with Crippen LogP contribution < -0.4 is 0 Å². The molecule has 0 aliphatic carbocycles. The number of fused-ring (bicyclic) bond motifs is 2. The van der Waals surface area contributed by atoms with Crippen molar-refractivity contribution in [1.82, 2.24) is 28.9 Å². The molecule has 2 amide bonds. The van der Waals surface area contributed by atoms with Crippen LogP contribution >= 0.6 is 0 Å². The number of carbonyl (C=O) groups is 2. The second kappa shape index (κ2) is 18.7. The number of amides is 2. The Bertz CT molecular complexity index is 2480. The number of imidazole rings is 2. The number of carbonyl (C=O) groups excluding carboxylic acids is 2. The van der Waals surface area contributed by atoms with Crippen LogP contribution in [0.4, 0.5) is 18.4 Å². The van der Waals surface area contributed by atoms with E-state index in [1.54, 1.807) is 34.1 Å². The Morgan fingerprint density at radius 2 is 1.17 bits per heavy atom. The van der Waals surface area contributed by atoms with Crippen molar-refractivity contribution in [2.45, 2.75) is 149 Å². The average molecular weight is 921 g/mol. The number of ether oxygens (including phenoxy) is 4. The smallest absolute Gasteiger partial charge is 0.410 e. The van der Waals surface area contributed by atoms with Crippen LogP contribution in [-0.4, -0.2) is 95.2 Å². The van der Waals surface area contributed by atoms with Crippen LogP contribution in [0.25, 0.3) is 44.7 Å². The number of nitrogens with zero attached hydrogens (tertiary/aromatic N) is 6. The van der Waals surface area contributed by atoms with Crippen molar-refractivity contribution in [3.05, 3.63) is 59.7 Å². The lowest BCUT2D eigenvalue weighted by Gasteiger charge is -2.28. The first-order valence-corrected chi connectivity index (χ1v) is 30.1. The molecule has 348 valence electrons. The number of benzene rings is 2. The van der Waals surface area contributed by atoms with Crippen molar-refractivity contribution in [3.8, 4) is 22.6 Å². The number of likely N-dealkylation sites (tertiary alicyclic amines) is 2. The van der Waals surface area contributed by atoms with Crippen LogP contribution in [0.3, 0.4) is 0 Å². The summed E-state index contributed by atoms with van der Waals surface area (Å²) in [6.07, 6.45) is 1.76. The SMILES string of the molecule is CC(C)OC(=O)N1CCCC1c1nc2cc(-c3ccc(-c4cc5nc(C6CCCN6C(=O)OC(C)(C)C)n(COCC[Si](C)(C)C)c5cc4F)o3)c(F)cc2n1COCC[Si](C)(C)C. The topological polar surface area (TPSA) is 126 Å². The van der Waals surface area contributed by atoms with E-state index in [0.29, 0.717) is 72.9 Å². The van der Waals surface area contributed by atoms with E-state index in [0.717, 1.165) is 24.9 Å². The number of hydrogen-bond donors (Lipinski definition) is 0. The number of furan rings is 1. The van der Waals surface area contributed by atoms with Gasteiger partial charge in [0.2, 0.25) is 0 Å². The molecule has 5 aromatic rings. The van der Waals surface area contributed by atoms with Crippen molar-refractivity contribution in [1.29, 1.82) is 0 Å². The molecule has 0 N–H and O–H groups in total. The van der Waals surface area contributed by atoms with Gasteiger partial charge in [-0.1, -0.05) is 39.3 Å². The van der Waals surface area contributed by atoms with Gasteiger partial charge in [-0.25, -0.2) is 28.3 Å². The third-order valence-electron chi connectivity index (χ3n) is 11.6. The zero-order valence-corrected chi connectivity index (χ0v) is 41.5. The molecular weight excluding hydrogens is 855 g/mol. The summed E-state index contributed by atoms with van der Waals surface area (Å²) in [7, 11) is -2.76. The number of halogens is 2. The number of hydrogen-bond acceptors (Lipinski definition) is 9. The second-order valence-electron chi connectivity index (χ2n) is 20.9. The largest absolute Gasteiger partial charge is 0.456 e. The summed E-state index contributed by atoms with van der Waals surface area (Å²) >= 11 is 0. The first-order valence-electron chi connectivity index (χ1n) is 22.7. The summed E-state index contributed by atoms with van der Waals surface area (Å²) in [5, 5.41) is 0. The Labute approximate surface area is 377 Å². The molecule has 3 aromatic heterocycles. The predicted molar refractivity (Wildman–Crippen MR) is 250 cm³/mol. The van der Waals surface area contributed by atoms with Crippen LogP contribution in [0, 0.1) is 11.6 Å². The Balaban J connectivity index is 1.23. The highest BCUT2D eigenvalue weighted by Gasteiger charge is 2.38. The Morgan fingerprint density at radius 1 is 0.734 bits per heavy atom. The molecule has 0 radical (unpaired) electrons. The molecule has 2 saturated heterocycles. The fourth-order valence-corrected chi connectivity index (χ4v) is 9.79. The van der Waals surface area contributed by atoms with Gasteiger partial charge in [-0.2, -0.15) is 0 Å². The zero-order chi connectivity index (χ0) is 46.3. The minimum Gasteiger partial charge on any atom is -0.456 e. The van der Waals surface area contributed by atoms with Crippen molar-refractivity contribution >= 4 is 50.4 Å². The van der Waals surface area contributed by atoms with Crippen LogP contribution in [0.2, 0.25) is 51.4 Å². The maximum absolute atomic E-state index is 16.4. The average Bonchev–Trinajstić information content (AvgIpc) is 4.03. The normalized spacial score (nSPS) is 17.5. The van der Waals surface area contributed by atoms with Gasteiger partial charge >= 0.3 is 12.2 Å². The highest BCUT2D eigenvalue weighted by Crippen LogP contribution is 2.40. The minimum absolute atomic E-state index is 0.142. The van der Waals surface area contributed by atoms with Gasteiger partial charge in [0.25, 0.3) is 0 Å². The van der Waals surface area contributed by atoms with Crippen molar-refractivity contribution in [3.63, 3.8) is 0 Å². The lowest BCUT2D eigenvalue weighted by molar-refractivity contribution is 0.0205. The summed E-state index contributed by atoms with van der Waals surface area (Å²) in [5.74, 6) is 0.478. The molecule has 5 heterocycles. The Hall–Kier alpha value is -4.59. The van der Waals surface area contributed by atoms with E-state index in [9.17, 15) is 9.59 Å². The number of rotatable bonds is 15. The van der Waals surface area contributed by atoms with Crippen LogP contribution in [0.15, 0.2) is 40.8 Å². The summed E-state index contributed by atoms with van der Waals surface area (Å²) < 4.78 is 66.5. The van der Waals surface area contributed by atoms with Gasteiger partial charge in [0.1, 0.15) is 53.9 Å². The van der Waals surface area contributed by atoms with Gasteiger partial charge < -0.3 is 32.5 Å². The minimum atomic E-state index is -1.38. The maximum Gasteiger partial charge on any atom is 0.410 e. The van der Waals surface area contributed by atoms with Gasteiger partial charge in [0.05, 0.1) is 51.4 Å². The van der Waals surface area contributed by atoms with Crippen LogP contribution in [0.5, 0.6) is 0 Å². The molecule has 7 rings (SSSR count). The fraction of sp³-hybridized carbons (Fsp3) is 0.574. The van der Waals surface area contributed by atoms with Gasteiger partial charge in [-0.3, -0.25) is 9.80 Å². The van der Waals surface area contributed by atoms with E-state index < -0.39 is 51.6 Å². The Morgan fingerprint density at radius 3 is 1.58 bits per heavy atom. The van der Waals surface area contributed by atoms with Gasteiger partial charge in [-0.05, 0) is 96.7 Å². The standard InChI is InChI=1S/C47H66F2N6O7Si2/c1-30(2)60-45(56)52-18-12-14-37(52)43-50-35-24-31(33(48)26-39(35)54(43)28-58-20-22-63(6,7)8)41-16-17-42(61-41)32-25-36-40(27-34(32)49)55(29-59-21-23-64(9,10)11)44(51-36)38-15-13-19-53(38)46(57)62-47(3,4)5/h16-17,24-27,30,37-38H,12-15,18-23,28-29H2,1-11H3. The van der Waals surface area contributed by atoms with E-state index in [1.807, 2.05) is 43.8 Å². The molecule has 2 unspecified atom stereocenters. The summed E-state index contributed by atoms with van der Waals surface area (Å²) in [6.45, 7) is 25.3. The highest BCUT2D eigenvalue weighted by atomic mass is 28.3.